The van der Waals surface area contributed by atoms with E-state index in [1.807, 2.05) is 31.2 Å². The Morgan fingerprint density at radius 2 is 1.83 bits per heavy atom. The number of nitrogens with one attached hydrogen (secondary N) is 1. The highest BCUT2D eigenvalue weighted by atomic mass is 32.2. The molecule has 0 spiro atoms. The van der Waals surface area contributed by atoms with Crippen LogP contribution in [-0.4, -0.2) is 16.7 Å². The molecule has 1 aromatic heterocycles. The number of carbonyl (C=O) groups excluding carboxylic acids is 1. The van der Waals surface area contributed by atoms with Crippen LogP contribution in [0.25, 0.3) is 0 Å². The van der Waals surface area contributed by atoms with Gasteiger partial charge in [0.25, 0.3) is 5.91 Å². The second kappa shape index (κ2) is 8.83. The van der Waals surface area contributed by atoms with Crippen molar-refractivity contribution < 1.29 is 13.4 Å². The highest BCUT2D eigenvalue weighted by Crippen LogP contribution is 2.13. The lowest BCUT2D eigenvalue weighted by Crippen LogP contribution is -2.24. The highest BCUT2D eigenvalue weighted by molar-refractivity contribution is 7.83. The minimum absolute atomic E-state index is 0.216. The molecule has 24 heavy (non-hydrogen) atoms. The molecule has 0 saturated heterocycles. The van der Waals surface area contributed by atoms with E-state index in [0.717, 1.165) is 12.0 Å². The molecule has 0 radical (unpaired) electrons. The van der Waals surface area contributed by atoms with Crippen LogP contribution in [0.3, 0.4) is 0 Å². The van der Waals surface area contributed by atoms with Crippen molar-refractivity contribution >= 4 is 16.7 Å². The Morgan fingerprint density at radius 1 is 1.12 bits per heavy atom. The summed E-state index contributed by atoms with van der Waals surface area (Å²) in [4.78, 5) is 12.0. The number of hydrogen-bond donors (Lipinski definition) is 1. The van der Waals surface area contributed by atoms with Crippen molar-refractivity contribution in [1.82, 2.24) is 5.32 Å². The molecule has 0 fully saturated rings. The van der Waals surface area contributed by atoms with Crippen LogP contribution >= 0.6 is 0 Å². The molecule has 2 rings (SSSR count). The summed E-state index contributed by atoms with van der Waals surface area (Å²) in [7, 11) is -1.07. The van der Waals surface area contributed by atoms with Gasteiger partial charge < -0.3 is 9.73 Å². The van der Waals surface area contributed by atoms with Crippen molar-refractivity contribution in [2.24, 2.45) is 5.92 Å². The molecule has 0 aliphatic carbocycles. The van der Waals surface area contributed by atoms with E-state index >= 15 is 0 Å². The van der Waals surface area contributed by atoms with Crippen molar-refractivity contribution in [2.45, 2.75) is 38.7 Å². The van der Waals surface area contributed by atoms with Crippen LogP contribution < -0.4 is 5.32 Å². The molecule has 4 nitrogen and oxygen atoms in total. The van der Waals surface area contributed by atoms with E-state index in [1.54, 1.807) is 12.1 Å². The number of amides is 1. The highest BCUT2D eigenvalue weighted by Gasteiger charge is 2.13. The standard InChI is InChI=1S/C19H25NO3S/c1-14(2)10-11-20-19(21)18-9-8-17(23-18)13-24(22)12-16-6-4-15(3)5-7-16/h4-9,14H,10-13H2,1-3H3,(H,20,21)/t24-/m1/s1. The Labute approximate surface area is 146 Å². The first-order valence-electron chi connectivity index (χ1n) is 8.21. The topological polar surface area (TPSA) is 59.3 Å². The van der Waals surface area contributed by atoms with Gasteiger partial charge in [-0.15, -0.1) is 0 Å². The summed E-state index contributed by atoms with van der Waals surface area (Å²) in [6, 6.07) is 11.4. The van der Waals surface area contributed by atoms with Gasteiger partial charge in [-0.25, -0.2) is 0 Å². The third kappa shape index (κ3) is 5.96. The monoisotopic (exact) mass is 347 g/mol. The fourth-order valence-corrected chi connectivity index (χ4v) is 3.36. The fraction of sp³-hybridized carbons (Fsp3) is 0.421. The van der Waals surface area contributed by atoms with Gasteiger partial charge >= 0.3 is 0 Å². The summed E-state index contributed by atoms with van der Waals surface area (Å²) in [5, 5.41) is 2.83. The van der Waals surface area contributed by atoms with Crippen molar-refractivity contribution in [1.29, 1.82) is 0 Å². The van der Waals surface area contributed by atoms with Crippen LogP contribution in [0.4, 0.5) is 0 Å². The Morgan fingerprint density at radius 3 is 2.50 bits per heavy atom. The third-order valence-corrected chi connectivity index (χ3v) is 4.91. The molecule has 0 bridgehead atoms. The molecule has 1 aromatic carbocycles. The number of rotatable bonds is 8. The number of benzene rings is 1. The number of carbonyl (C=O) groups is 1. The van der Waals surface area contributed by atoms with Gasteiger partial charge in [0.2, 0.25) is 0 Å². The molecule has 130 valence electrons. The predicted molar refractivity (Wildman–Crippen MR) is 97.2 cm³/mol. The molecule has 0 saturated carbocycles. The summed E-state index contributed by atoms with van der Waals surface area (Å²) in [6.45, 7) is 6.88. The van der Waals surface area contributed by atoms with Gasteiger partial charge in [-0.2, -0.15) is 0 Å². The van der Waals surface area contributed by atoms with E-state index < -0.39 is 10.8 Å². The summed E-state index contributed by atoms with van der Waals surface area (Å²) in [5.41, 5.74) is 2.22. The maximum absolute atomic E-state index is 12.2. The van der Waals surface area contributed by atoms with E-state index in [-0.39, 0.29) is 11.7 Å². The Kier molecular flexibility index (Phi) is 6.79. The van der Waals surface area contributed by atoms with Gasteiger partial charge in [-0.05, 0) is 37.0 Å². The van der Waals surface area contributed by atoms with Crippen LogP contribution in [-0.2, 0) is 22.3 Å². The van der Waals surface area contributed by atoms with E-state index in [1.165, 1.54) is 5.56 Å². The largest absolute Gasteiger partial charge is 0.455 e. The van der Waals surface area contributed by atoms with Crippen LogP contribution in [0, 0.1) is 12.8 Å². The van der Waals surface area contributed by atoms with Crippen molar-refractivity contribution in [2.75, 3.05) is 6.54 Å². The molecule has 5 heteroatoms. The van der Waals surface area contributed by atoms with Crippen LogP contribution in [0.1, 0.15) is 47.7 Å². The molecule has 2 aromatic rings. The second-order valence-electron chi connectivity index (χ2n) is 6.42. The lowest BCUT2D eigenvalue weighted by Gasteiger charge is -2.05. The molecule has 0 aliphatic rings. The van der Waals surface area contributed by atoms with E-state index in [0.29, 0.717) is 29.7 Å². The normalized spacial score (nSPS) is 12.3. The predicted octanol–water partition coefficient (Wildman–Crippen LogP) is 3.81. The summed E-state index contributed by atoms with van der Waals surface area (Å²) >= 11 is 0. The average Bonchev–Trinajstić information content (AvgIpc) is 2.97. The first kappa shape index (κ1) is 18.5. The molecule has 1 heterocycles. The van der Waals surface area contributed by atoms with Gasteiger partial charge in [0.1, 0.15) is 5.76 Å². The van der Waals surface area contributed by atoms with Gasteiger partial charge in [-0.3, -0.25) is 9.00 Å². The molecular formula is C19H25NO3S. The van der Waals surface area contributed by atoms with E-state index in [2.05, 4.69) is 19.2 Å². The zero-order valence-corrected chi connectivity index (χ0v) is 15.3. The maximum atomic E-state index is 12.2. The van der Waals surface area contributed by atoms with E-state index in [4.69, 9.17) is 4.42 Å². The lowest BCUT2D eigenvalue weighted by molar-refractivity contribution is 0.0923. The van der Waals surface area contributed by atoms with Crippen LogP contribution in [0.15, 0.2) is 40.8 Å². The Balaban J connectivity index is 1.85. The maximum Gasteiger partial charge on any atom is 0.286 e. The van der Waals surface area contributed by atoms with Gasteiger partial charge in [0.05, 0.1) is 5.75 Å². The minimum atomic E-state index is -1.07. The smallest absolute Gasteiger partial charge is 0.286 e. The SMILES string of the molecule is Cc1ccc(C[S@@](=O)Cc2ccc(C(=O)NCCC(C)C)o2)cc1. The first-order valence-corrected chi connectivity index (χ1v) is 9.70. The zero-order valence-electron chi connectivity index (χ0n) is 14.5. The third-order valence-electron chi connectivity index (χ3n) is 3.64. The molecule has 0 aliphatic heterocycles. The fourth-order valence-electron chi connectivity index (χ4n) is 2.22. The molecule has 1 amide bonds. The van der Waals surface area contributed by atoms with Crippen LogP contribution in [0.2, 0.25) is 0 Å². The molecule has 0 unspecified atom stereocenters. The lowest BCUT2D eigenvalue weighted by atomic mass is 10.1. The van der Waals surface area contributed by atoms with Gasteiger partial charge in [-0.1, -0.05) is 43.7 Å². The molecular weight excluding hydrogens is 322 g/mol. The molecule has 1 N–H and O–H groups in total. The molecule has 1 atom stereocenters. The summed E-state index contributed by atoms with van der Waals surface area (Å²) in [5.74, 6) is 1.98. The van der Waals surface area contributed by atoms with E-state index in [9.17, 15) is 9.00 Å². The van der Waals surface area contributed by atoms with Crippen molar-refractivity contribution in [3.05, 3.63) is 59.0 Å². The van der Waals surface area contributed by atoms with Crippen molar-refractivity contribution in [3.8, 4) is 0 Å². The second-order valence-corrected chi connectivity index (χ2v) is 7.88. The minimum Gasteiger partial charge on any atom is -0.455 e. The number of aryl methyl sites for hydroxylation is 1. The van der Waals surface area contributed by atoms with Crippen LogP contribution in [0.5, 0.6) is 0 Å². The van der Waals surface area contributed by atoms with Gasteiger partial charge in [0, 0.05) is 23.1 Å². The summed E-state index contributed by atoms with van der Waals surface area (Å²) in [6.07, 6.45) is 0.930. The first-order chi connectivity index (χ1) is 11.4. The quantitative estimate of drug-likeness (QED) is 0.790. The average molecular weight is 347 g/mol. The Hall–Kier alpha value is -1.88. The van der Waals surface area contributed by atoms with Gasteiger partial charge in [0.15, 0.2) is 5.76 Å². The van der Waals surface area contributed by atoms with Crippen molar-refractivity contribution in [3.63, 3.8) is 0 Å². The Bertz CT molecular complexity index is 689. The summed E-state index contributed by atoms with van der Waals surface area (Å²) < 4.78 is 17.8. The number of hydrogen-bond acceptors (Lipinski definition) is 3. The zero-order chi connectivity index (χ0) is 17.5. The number of furan rings is 1.